The van der Waals surface area contributed by atoms with Crippen molar-refractivity contribution in [3.05, 3.63) is 35.9 Å². The van der Waals surface area contributed by atoms with Crippen molar-refractivity contribution in [3.8, 4) is 0 Å². The van der Waals surface area contributed by atoms with Crippen molar-refractivity contribution in [2.45, 2.75) is 88.3 Å². The highest BCUT2D eigenvalue weighted by atomic mass is 16.5. The topological polar surface area (TPSA) is 70.7 Å². The number of carbonyl (C=O) groups is 2. The summed E-state index contributed by atoms with van der Waals surface area (Å²) in [5.41, 5.74) is 1.08. The standard InChI is InChI=1S/C25H37N3O3/c1-2-26-24(30)28-17-7-16-25(15-6-10-23(29)27-25)22(28)18-31-21-13-11-20(12-14-21)19-8-4-3-5-9-19/h3-5,8-9,20-22H,2,6-7,10-18H2,1H3,(H,26,30)(H,27,29)/t20-,21+,22-,25-/m1/s1. The van der Waals surface area contributed by atoms with Crippen LogP contribution in [0.25, 0.3) is 0 Å². The summed E-state index contributed by atoms with van der Waals surface area (Å²) in [6.45, 7) is 3.76. The summed E-state index contributed by atoms with van der Waals surface area (Å²) in [6.07, 6.45) is 8.83. The average molecular weight is 428 g/mol. The van der Waals surface area contributed by atoms with Gasteiger partial charge in [0.1, 0.15) is 0 Å². The van der Waals surface area contributed by atoms with Crippen LogP contribution in [0.1, 0.15) is 76.2 Å². The molecular weight excluding hydrogens is 390 g/mol. The minimum absolute atomic E-state index is 0.0391. The van der Waals surface area contributed by atoms with Gasteiger partial charge >= 0.3 is 6.03 Å². The first-order valence-electron chi connectivity index (χ1n) is 12.1. The van der Waals surface area contributed by atoms with Crippen molar-refractivity contribution in [2.24, 2.45) is 0 Å². The lowest BCUT2D eigenvalue weighted by Gasteiger charge is -2.52. The number of benzene rings is 1. The molecule has 1 spiro atoms. The number of nitrogens with one attached hydrogen (secondary N) is 2. The number of urea groups is 1. The summed E-state index contributed by atoms with van der Waals surface area (Å²) >= 11 is 0. The Bertz CT molecular complexity index is 744. The highest BCUT2D eigenvalue weighted by Gasteiger charge is 2.48. The number of amides is 3. The van der Waals surface area contributed by atoms with E-state index in [4.69, 9.17) is 4.74 Å². The molecule has 3 fully saturated rings. The molecule has 1 aliphatic carbocycles. The Labute approximate surface area is 186 Å². The van der Waals surface area contributed by atoms with Crippen LogP contribution < -0.4 is 10.6 Å². The second-order valence-corrected chi connectivity index (χ2v) is 9.42. The molecule has 2 atom stereocenters. The molecule has 4 rings (SSSR count). The molecule has 1 saturated carbocycles. The van der Waals surface area contributed by atoms with Crippen molar-refractivity contribution in [1.29, 1.82) is 0 Å². The third kappa shape index (κ3) is 5.05. The second kappa shape index (κ2) is 10.0. The van der Waals surface area contributed by atoms with Gasteiger partial charge in [-0.1, -0.05) is 30.3 Å². The number of carbonyl (C=O) groups excluding carboxylic acids is 2. The molecule has 0 bridgehead atoms. The number of piperidine rings is 2. The Kier molecular flexibility index (Phi) is 7.16. The second-order valence-electron chi connectivity index (χ2n) is 9.42. The lowest BCUT2D eigenvalue weighted by molar-refractivity contribution is -0.129. The van der Waals surface area contributed by atoms with Crippen LogP contribution in [0.2, 0.25) is 0 Å². The number of ether oxygens (including phenoxy) is 1. The van der Waals surface area contributed by atoms with Crippen LogP contribution in [0, 0.1) is 0 Å². The lowest BCUT2D eigenvalue weighted by atomic mass is 9.75. The summed E-state index contributed by atoms with van der Waals surface area (Å²) in [5.74, 6) is 0.726. The van der Waals surface area contributed by atoms with Crippen molar-refractivity contribution in [3.63, 3.8) is 0 Å². The van der Waals surface area contributed by atoms with Gasteiger partial charge in [-0.15, -0.1) is 0 Å². The summed E-state index contributed by atoms with van der Waals surface area (Å²) in [4.78, 5) is 27.0. The predicted octanol–water partition coefficient (Wildman–Crippen LogP) is 3.96. The largest absolute Gasteiger partial charge is 0.376 e. The minimum atomic E-state index is -0.347. The average Bonchev–Trinajstić information content (AvgIpc) is 2.79. The van der Waals surface area contributed by atoms with Gasteiger partial charge in [-0.2, -0.15) is 0 Å². The molecule has 1 aromatic carbocycles. The van der Waals surface area contributed by atoms with E-state index in [-0.39, 0.29) is 29.6 Å². The van der Waals surface area contributed by atoms with E-state index >= 15 is 0 Å². The van der Waals surface area contributed by atoms with E-state index in [1.165, 1.54) is 5.56 Å². The Balaban J connectivity index is 1.40. The third-order valence-corrected chi connectivity index (χ3v) is 7.47. The van der Waals surface area contributed by atoms with Crippen molar-refractivity contribution >= 4 is 11.9 Å². The van der Waals surface area contributed by atoms with Crippen LogP contribution in [0.15, 0.2) is 30.3 Å². The van der Waals surface area contributed by atoms with Gasteiger partial charge < -0.3 is 20.3 Å². The molecule has 0 radical (unpaired) electrons. The van der Waals surface area contributed by atoms with Gasteiger partial charge in [-0.25, -0.2) is 4.79 Å². The predicted molar refractivity (Wildman–Crippen MR) is 121 cm³/mol. The molecule has 170 valence electrons. The molecule has 2 aliphatic heterocycles. The first kappa shape index (κ1) is 22.1. The van der Waals surface area contributed by atoms with Crippen LogP contribution >= 0.6 is 0 Å². The highest BCUT2D eigenvalue weighted by Crippen LogP contribution is 2.37. The van der Waals surface area contributed by atoms with Crippen LogP contribution in [0.4, 0.5) is 4.79 Å². The van der Waals surface area contributed by atoms with E-state index in [9.17, 15) is 9.59 Å². The quantitative estimate of drug-likeness (QED) is 0.747. The fourth-order valence-electron chi connectivity index (χ4n) is 5.85. The number of nitrogens with zero attached hydrogens (tertiary/aromatic N) is 1. The molecular formula is C25H37N3O3. The first-order valence-corrected chi connectivity index (χ1v) is 12.1. The first-order chi connectivity index (χ1) is 15.1. The maximum absolute atomic E-state index is 12.8. The normalized spacial score (nSPS) is 31.3. The maximum Gasteiger partial charge on any atom is 0.317 e. The summed E-state index contributed by atoms with van der Waals surface area (Å²) in [5, 5.41) is 6.24. The Morgan fingerprint density at radius 2 is 1.90 bits per heavy atom. The van der Waals surface area contributed by atoms with E-state index in [2.05, 4.69) is 41.0 Å². The molecule has 3 amide bonds. The molecule has 2 heterocycles. The minimum Gasteiger partial charge on any atom is -0.376 e. The van der Waals surface area contributed by atoms with Gasteiger partial charge in [0.05, 0.1) is 24.3 Å². The van der Waals surface area contributed by atoms with E-state index < -0.39 is 0 Å². The number of hydrogen-bond donors (Lipinski definition) is 2. The zero-order chi connectivity index (χ0) is 21.7. The molecule has 1 aromatic rings. The monoisotopic (exact) mass is 427 g/mol. The molecule has 31 heavy (non-hydrogen) atoms. The van der Waals surface area contributed by atoms with E-state index in [1.54, 1.807) is 0 Å². The molecule has 3 aliphatic rings. The van der Waals surface area contributed by atoms with Crippen molar-refractivity contribution < 1.29 is 14.3 Å². The van der Waals surface area contributed by atoms with E-state index in [1.807, 2.05) is 11.8 Å². The smallest absolute Gasteiger partial charge is 0.317 e. The summed E-state index contributed by atoms with van der Waals surface area (Å²) in [7, 11) is 0. The van der Waals surface area contributed by atoms with E-state index in [0.29, 0.717) is 25.5 Å². The van der Waals surface area contributed by atoms with Gasteiger partial charge in [0.15, 0.2) is 0 Å². The molecule has 6 heteroatoms. The van der Waals surface area contributed by atoms with Crippen LogP contribution in [-0.2, 0) is 9.53 Å². The van der Waals surface area contributed by atoms with Gasteiger partial charge in [0, 0.05) is 19.5 Å². The molecule has 2 saturated heterocycles. The molecule has 2 N–H and O–H groups in total. The van der Waals surface area contributed by atoms with Gasteiger partial charge in [-0.05, 0) is 69.8 Å². The zero-order valence-corrected chi connectivity index (χ0v) is 18.8. The third-order valence-electron chi connectivity index (χ3n) is 7.47. The highest BCUT2D eigenvalue weighted by molar-refractivity contribution is 5.79. The van der Waals surface area contributed by atoms with Gasteiger partial charge in [0.25, 0.3) is 0 Å². The van der Waals surface area contributed by atoms with Gasteiger partial charge in [0.2, 0.25) is 5.91 Å². The number of rotatable bonds is 5. The SMILES string of the molecule is CCNC(=O)N1CCC[C@]2(CCCC(=O)N2)[C@H]1CO[C@H]1CC[C@@H](c2ccccc2)CC1. The molecule has 0 unspecified atom stereocenters. The zero-order valence-electron chi connectivity index (χ0n) is 18.8. The van der Waals surface area contributed by atoms with Crippen molar-refractivity contribution in [2.75, 3.05) is 19.7 Å². The Morgan fingerprint density at radius 1 is 1.16 bits per heavy atom. The van der Waals surface area contributed by atoms with Crippen LogP contribution in [0.5, 0.6) is 0 Å². The lowest BCUT2D eigenvalue weighted by Crippen LogP contribution is -2.69. The van der Waals surface area contributed by atoms with Crippen LogP contribution in [0.3, 0.4) is 0 Å². The maximum atomic E-state index is 12.8. The van der Waals surface area contributed by atoms with Crippen molar-refractivity contribution in [1.82, 2.24) is 15.5 Å². The summed E-state index contributed by atoms with van der Waals surface area (Å²) < 4.78 is 6.46. The summed E-state index contributed by atoms with van der Waals surface area (Å²) in [6, 6.07) is 10.6. The van der Waals surface area contributed by atoms with Crippen LogP contribution in [-0.4, -0.2) is 54.2 Å². The number of hydrogen-bond acceptors (Lipinski definition) is 3. The Hall–Kier alpha value is -2.08. The van der Waals surface area contributed by atoms with E-state index in [0.717, 1.165) is 57.9 Å². The number of likely N-dealkylation sites (tertiary alicyclic amines) is 1. The molecule has 6 nitrogen and oxygen atoms in total. The van der Waals surface area contributed by atoms with Gasteiger partial charge in [-0.3, -0.25) is 4.79 Å². The fraction of sp³-hybridized carbons (Fsp3) is 0.680. The Morgan fingerprint density at radius 3 is 2.61 bits per heavy atom. The fourth-order valence-corrected chi connectivity index (χ4v) is 5.85. The molecule has 0 aromatic heterocycles.